The van der Waals surface area contributed by atoms with Gasteiger partial charge in [0.25, 0.3) is 5.91 Å². The van der Waals surface area contributed by atoms with E-state index in [1.165, 1.54) is 0 Å². The van der Waals surface area contributed by atoms with Crippen molar-refractivity contribution in [1.29, 1.82) is 0 Å². The molecule has 0 fully saturated rings. The van der Waals surface area contributed by atoms with Gasteiger partial charge in [-0.3, -0.25) is 14.7 Å². The Balaban J connectivity index is 1.99. The summed E-state index contributed by atoms with van der Waals surface area (Å²) < 4.78 is 7.25. The minimum absolute atomic E-state index is 0.298. The van der Waals surface area contributed by atoms with Gasteiger partial charge in [-0.05, 0) is 32.0 Å². The molecule has 2 aromatic rings. The second kappa shape index (κ2) is 6.38. The molecule has 1 atom stereocenters. The lowest BCUT2D eigenvalue weighted by atomic mass is 10.3. The topological polar surface area (TPSA) is 69.0 Å². The highest BCUT2D eigenvalue weighted by molar-refractivity contribution is 6.30. The molecule has 0 radical (unpaired) electrons. The summed E-state index contributed by atoms with van der Waals surface area (Å²) in [6.45, 7) is 4.26. The molecule has 1 aromatic heterocycles. The van der Waals surface area contributed by atoms with Crippen molar-refractivity contribution in [1.82, 2.24) is 14.8 Å². The molecule has 2 rings (SSSR count). The number of carbonyl (C=O) groups is 1. The summed E-state index contributed by atoms with van der Waals surface area (Å²) in [5.74, 6) is 0.642. The first kappa shape index (κ1) is 14.3. The molecule has 1 unspecified atom stereocenters. The van der Waals surface area contributed by atoms with E-state index >= 15 is 0 Å². The number of rotatable bonds is 5. The fraction of sp³-hybridized carbons (Fsp3) is 0.308. The largest absolute Gasteiger partial charge is 0.481 e. The number of hydrogen-bond donors (Lipinski definition) is 1. The zero-order valence-corrected chi connectivity index (χ0v) is 12.0. The first-order valence-corrected chi connectivity index (χ1v) is 6.59. The Morgan fingerprint density at radius 2 is 2.35 bits per heavy atom. The first-order valence-electron chi connectivity index (χ1n) is 6.21. The fourth-order valence-electron chi connectivity index (χ4n) is 1.59. The zero-order valence-electron chi connectivity index (χ0n) is 11.2. The van der Waals surface area contributed by atoms with Gasteiger partial charge in [-0.1, -0.05) is 17.7 Å². The molecular weight excluding hydrogens is 280 g/mol. The van der Waals surface area contributed by atoms with E-state index in [2.05, 4.69) is 15.5 Å². The lowest BCUT2D eigenvalue weighted by Crippen LogP contribution is -2.31. The predicted molar refractivity (Wildman–Crippen MR) is 75.9 cm³/mol. The molecule has 0 aliphatic carbocycles. The third-order valence-electron chi connectivity index (χ3n) is 2.67. The quantitative estimate of drug-likeness (QED) is 0.919. The molecule has 1 amide bonds. The summed E-state index contributed by atoms with van der Waals surface area (Å²) in [5.41, 5.74) is 0. The second-order valence-corrected chi connectivity index (χ2v) is 4.58. The summed E-state index contributed by atoms with van der Waals surface area (Å²) >= 11 is 5.86. The molecule has 0 saturated carbocycles. The SMILES string of the molecule is CCn1cnnc1NC(=O)C(C)Oc1cccc(Cl)c1. The van der Waals surface area contributed by atoms with Crippen molar-refractivity contribution >= 4 is 23.5 Å². The number of ether oxygens (including phenoxy) is 1. The van der Waals surface area contributed by atoms with Crippen LogP contribution in [0.15, 0.2) is 30.6 Å². The van der Waals surface area contributed by atoms with Crippen LogP contribution >= 0.6 is 11.6 Å². The van der Waals surface area contributed by atoms with E-state index in [0.717, 1.165) is 0 Å². The van der Waals surface area contributed by atoms with E-state index in [4.69, 9.17) is 16.3 Å². The van der Waals surface area contributed by atoms with Crippen LogP contribution in [0.4, 0.5) is 5.95 Å². The van der Waals surface area contributed by atoms with Gasteiger partial charge in [-0.15, -0.1) is 10.2 Å². The van der Waals surface area contributed by atoms with Gasteiger partial charge in [0, 0.05) is 11.6 Å². The van der Waals surface area contributed by atoms with Gasteiger partial charge >= 0.3 is 0 Å². The smallest absolute Gasteiger partial charge is 0.267 e. The molecular formula is C13H15ClN4O2. The van der Waals surface area contributed by atoms with Crippen LogP contribution < -0.4 is 10.1 Å². The van der Waals surface area contributed by atoms with Crippen LogP contribution in [0.5, 0.6) is 5.75 Å². The Hall–Kier alpha value is -2.08. The molecule has 0 aliphatic rings. The Labute approximate surface area is 121 Å². The van der Waals surface area contributed by atoms with Gasteiger partial charge in [-0.25, -0.2) is 0 Å². The number of anilines is 1. The van der Waals surface area contributed by atoms with Gasteiger partial charge in [0.05, 0.1) is 0 Å². The third kappa shape index (κ3) is 3.48. The minimum Gasteiger partial charge on any atom is -0.481 e. The van der Waals surface area contributed by atoms with Crippen LogP contribution in [0.1, 0.15) is 13.8 Å². The van der Waals surface area contributed by atoms with Crippen molar-refractivity contribution in [2.45, 2.75) is 26.5 Å². The number of hydrogen-bond acceptors (Lipinski definition) is 4. The number of halogens is 1. The molecule has 1 heterocycles. The summed E-state index contributed by atoms with van der Waals surface area (Å²) in [6.07, 6.45) is 0.883. The second-order valence-electron chi connectivity index (χ2n) is 4.15. The average molecular weight is 295 g/mol. The highest BCUT2D eigenvalue weighted by atomic mass is 35.5. The predicted octanol–water partition coefficient (Wildman–Crippen LogP) is 2.36. The molecule has 0 spiro atoms. The van der Waals surface area contributed by atoms with E-state index in [-0.39, 0.29) is 5.91 Å². The Morgan fingerprint density at radius 3 is 3.05 bits per heavy atom. The van der Waals surface area contributed by atoms with Gasteiger partial charge in [0.15, 0.2) is 6.10 Å². The lowest BCUT2D eigenvalue weighted by molar-refractivity contribution is -0.122. The highest BCUT2D eigenvalue weighted by Gasteiger charge is 2.17. The Kier molecular flexibility index (Phi) is 4.57. The first-order chi connectivity index (χ1) is 9.60. The lowest BCUT2D eigenvalue weighted by Gasteiger charge is -2.14. The summed E-state index contributed by atoms with van der Waals surface area (Å²) in [5, 5.41) is 10.8. The molecule has 1 N–H and O–H groups in total. The average Bonchev–Trinajstić information content (AvgIpc) is 2.85. The van der Waals surface area contributed by atoms with Crippen LogP contribution in [0.25, 0.3) is 0 Å². The minimum atomic E-state index is -0.671. The van der Waals surface area contributed by atoms with Crippen molar-refractivity contribution in [3.05, 3.63) is 35.6 Å². The normalized spacial score (nSPS) is 11.9. The van der Waals surface area contributed by atoms with Crippen LogP contribution in [-0.2, 0) is 11.3 Å². The monoisotopic (exact) mass is 294 g/mol. The van der Waals surface area contributed by atoms with Gasteiger partial charge in [0.1, 0.15) is 12.1 Å². The number of benzene rings is 1. The summed E-state index contributed by atoms with van der Waals surface area (Å²) in [7, 11) is 0. The standard InChI is InChI=1S/C13H15ClN4O2/c1-3-18-8-15-17-13(18)16-12(19)9(2)20-11-6-4-5-10(14)7-11/h4-9H,3H2,1-2H3,(H,16,17,19). The maximum Gasteiger partial charge on any atom is 0.267 e. The number of carbonyl (C=O) groups excluding carboxylic acids is 1. The van der Waals surface area contributed by atoms with Gasteiger partial charge < -0.3 is 4.74 Å². The van der Waals surface area contributed by atoms with Crippen LogP contribution in [0, 0.1) is 0 Å². The molecule has 0 aliphatic heterocycles. The number of amides is 1. The molecule has 1 aromatic carbocycles. The summed E-state index contributed by atoms with van der Waals surface area (Å²) in [6, 6.07) is 6.89. The van der Waals surface area contributed by atoms with E-state index in [9.17, 15) is 4.79 Å². The number of nitrogens with zero attached hydrogens (tertiary/aromatic N) is 3. The van der Waals surface area contributed by atoms with Crippen LogP contribution in [0.3, 0.4) is 0 Å². The van der Waals surface area contributed by atoms with Crippen LogP contribution in [-0.4, -0.2) is 26.8 Å². The van der Waals surface area contributed by atoms with Crippen molar-refractivity contribution < 1.29 is 9.53 Å². The maximum atomic E-state index is 12.0. The number of nitrogens with one attached hydrogen (secondary N) is 1. The van der Waals surface area contributed by atoms with E-state index in [0.29, 0.717) is 23.3 Å². The molecule has 106 valence electrons. The summed E-state index contributed by atoms with van der Waals surface area (Å²) in [4.78, 5) is 12.0. The maximum absolute atomic E-state index is 12.0. The third-order valence-corrected chi connectivity index (χ3v) is 2.90. The van der Waals surface area contributed by atoms with E-state index < -0.39 is 6.10 Å². The highest BCUT2D eigenvalue weighted by Crippen LogP contribution is 2.18. The van der Waals surface area contributed by atoms with E-state index in [1.54, 1.807) is 42.1 Å². The molecule has 7 heteroatoms. The Morgan fingerprint density at radius 1 is 1.55 bits per heavy atom. The molecule has 0 bridgehead atoms. The van der Waals surface area contributed by atoms with Crippen LogP contribution in [0.2, 0.25) is 5.02 Å². The van der Waals surface area contributed by atoms with Crippen molar-refractivity contribution in [2.75, 3.05) is 5.32 Å². The molecule has 20 heavy (non-hydrogen) atoms. The molecule has 0 saturated heterocycles. The van der Waals surface area contributed by atoms with Gasteiger partial charge in [0.2, 0.25) is 5.95 Å². The number of aromatic nitrogens is 3. The Bertz CT molecular complexity index is 600. The van der Waals surface area contributed by atoms with Crippen molar-refractivity contribution in [3.8, 4) is 5.75 Å². The zero-order chi connectivity index (χ0) is 14.5. The van der Waals surface area contributed by atoms with Gasteiger partial charge in [-0.2, -0.15) is 0 Å². The molecule has 6 nitrogen and oxygen atoms in total. The van der Waals surface area contributed by atoms with E-state index in [1.807, 2.05) is 6.92 Å². The number of aryl methyl sites for hydroxylation is 1. The fourth-order valence-corrected chi connectivity index (χ4v) is 1.77. The van der Waals surface area contributed by atoms with Crippen molar-refractivity contribution in [2.24, 2.45) is 0 Å². The van der Waals surface area contributed by atoms with Crippen molar-refractivity contribution in [3.63, 3.8) is 0 Å².